The predicted molar refractivity (Wildman–Crippen MR) is 65.9 cm³/mol. The van der Waals surface area contributed by atoms with Gasteiger partial charge in [0.05, 0.1) is 5.69 Å². The number of nitrogens with two attached hydrogens (primary N) is 1. The molecule has 2 aromatic heterocycles. The van der Waals surface area contributed by atoms with E-state index in [0.29, 0.717) is 24.1 Å². The molecule has 2 N–H and O–H groups in total. The summed E-state index contributed by atoms with van der Waals surface area (Å²) in [5.74, 6) is 1.65. The lowest BCUT2D eigenvalue weighted by molar-refractivity contribution is 0.373. The fourth-order valence-electron chi connectivity index (χ4n) is 1.84. The van der Waals surface area contributed by atoms with Gasteiger partial charge in [-0.1, -0.05) is 38.1 Å². The van der Waals surface area contributed by atoms with Crippen molar-refractivity contribution in [3.8, 4) is 0 Å². The average molecular weight is 250 g/mol. The van der Waals surface area contributed by atoms with Gasteiger partial charge in [0, 0.05) is 11.8 Å². The van der Waals surface area contributed by atoms with Crippen molar-refractivity contribution in [2.45, 2.75) is 46.1 Å². The number of nitrogens with zero attached hydrogens (tertiary/aromatic N) is 5. The third kappa shape index (κ3) is 2.34. The van der Waals surface area contributed by atoms with E-state index in [9.17, 15) is 0 Å². The maximum absolute atomic E-state index is 5.85. The van der Waals surface area contributed by atoms with Crippen molar-refractivity contribution in [3.05, 3.63) is 17.4 Å². The molecule has 7 heteroatoms. The number of rotatable bonds is 3. The first-order chi connectivity index (χ1) is 8.41. The highest BCUT2D eigenvalue weighted by molar-refractivity contribution is 5.38. The number of aromatic nitrogens is 5. The first-order valence-electron chi connectivity index (χ1n) is 5.92. The van der Waals surface area contributed by atoms with Crippen molar-refractivity contribution < 1.29 is 4.52 Å². The van der Waals surface area contributed by atoms with Crippen LogP contribution >= 0.6 is 0 Å². The topological polar surface area (TPSA) is 95.7 Å². The zero-order chi connectivity index (χ0) is 13.3. The Morgan fingerprint density at radius 1 is 1.33 bits per heavy atom. The number of hydrogen-bond donors (Lipinski definition) is 1. The van der Waals surface area contributed by atoms with Crippen LogP contribution in [0, 0.1) is 0 Å². The Bertz CT molecular complexity index is 536. The first kappa shape index (κ1) is 12.5. The standard InChI is InChI=1S/C11H18N6O/c1-5-8-13-7(15-18-8)6-17-9(11(2,3)4)10(12)14-16-17/h5-6,12H2,1-4H3. The highest BCUT2D eigenvalue weighted by Crippen LogP contribution is 2.26. The van der Waals surface area contributed by atoms with Crippen LogP contribution in [0.15, 0.2) is 4.52 Å². The summed E-state index contributed by atoms with van der Waals surface area (Å²) in [6, 6.07) is 0. The summed E-state index contributed by atoms with van der Waals surface area (Å²) in [4.78, 5) is 4.25. The lowest BCUT2D eigenvalue weighted by Crippen LogP contribution is -2.20. The summed E-state index contributed by atoms with van der Waals surface area (Å²) >= 11 is 0. The molecule has 18 heavy (non-hydrogen) atoms. The maximum Gasteiger partial charge on any atom is 0.226 e. The zero-order valence-corrected chi connectivity index (χ0v) is 11.1. The smallest absolute Gasteiger partial charge is 0.226 e. The molecule has 0 aliphatic carbocycles. The van der Waals surface area contributed by atoms with Crippen LogP contribution in [0.5, 0.6) is 0 Å². The Morgan fingerprint density at radius 2 is 2.06 bits per heavy atom. The molecule has 2 heterocycles. The molecule has 0 radical (unpaired) electrons. The van der Waals surface area contributed by atoms with Crippen LogP contribution < -0.4 is 5.73 Å². The second-order valence-corrected chi connectivity index (χ2v) is 5.19. The van der Waals surface area contributed by atoms with E-state index in [0.717, 1.165) is 12.1 Å². The normalized spacial score (nSPS) is 12.0. The van der Waals surface area contributed by atoms with E-state index in [2.05, 4.69) is 41.2 Å². The zero-order valence-electron chi connectivity index (χ0n) is 11.1. The van der Waals surface area contributed by atoms with Crippen molar-refractivity contribution in [2.75, 3.05) is 5.73 Å². The van der Waals surface area contributed by atoms with Crippen molar-refractivity contribution in [1.82, 2.24) is 25.1 Å². The number of nitrogen functional groups attached to an aromatic ring is 1. The number of aryl methyl sites for hydroxylation is 1. The Balaban J connectivity index is 2.29. The number of anilines is 1. The summed E-state index contributed by atoms with van der Waals surface area (Å²) in [6.07, 6.45) is 0.721. The first-order valence-corrected chi connectivity index (χ1v) is 5.92. The Kier molecular flexibility index (Phi) is 3.06. The van der Waals surface area contributed by atoms with E-state index in [4.69, 9.17) is 10.3 Å². The lowest BCUT2D eigenvalue weighted by Gasteiger charge is -2.19. The number of hydrogen-bond acceptors (Lipinski definition) is 6. The predicted octanol–water partition coefficient (Wildman–Crippen LogP) is 1.15. The van der Waals surface area contributed by atoms with E-state index in [-0.39, 0.29) is 5.41 Å². The second-order valence-electron chi connectivity index (χ2n) is 5.19. The van der Waals surface area contributed by atoms with Gasteiger partial charge in [0.1, 0.15) is 6.54 Å². The third-order valence-corrected chi connectivity index (χ3v) is 2.58. The molecule has 0 amide bonds. The molecule has 2 rings (SSSR count). The minimum atomic E-state index is -0.134. The van der Waals surface area contributed by atoms with Crippen molar-refractivity contribution in [3.63, 3.8) is 0 Å². The summed E-state index contributed by atoms with van der Waals surface area (Å²) in [7, 11) is 0. The van der Waals surface area contributed by atoms with E-state index in [1.807, 2.05) is 6.92 Å². The molecule has 0 aliphatic heterocycles. The molecule has 0 unspecified atom stereocenters. The van der Waals surface area contributed by atoms with Gasteiger partial charge in [-0.2, -0.15) is 4.98 Å². The fourth-order valence-corrected chi connectivity index (χ4v) is 1.84. The van der Waals surface area contributed by atoms with Gasteiger partial charge in [0.2, 0.25) is 5.89 Å². The van der Waals surface area contributed by atoms with Crippen molar-refractivity contribution in [1.29, 1.82) is 0 Å². The van der Waals surface area contributed by atoms with E-state index in [1.54, 1.807) is 4.68 Å². The van der Waals surface area contributed by atoms with Crippen LogP contribution in [0.4, 0.5) is 5.82 Å². The van der Waals surface area contributed by atoms with Gasteiger partial charge < -0.3 is 10.3 Å². The van der Waals surface area contributed by atoms with Gasteiger partial charge in [0.25, 0.3) is 0 Å². The van der Waals surface area contributed by atoms with Crippen LogP contribution in [0.3, 0.4) is 0 Å². The van der Waals surface area contributed by atoms with Gasteiger partial charge >= 0.3 is 0 Å². The van der Waals surface area contributed by atoms with Gasteiger partial charge in [-0.15, -0.1) is 5.10 Å². The van der Waals surface area contributed by atoms with Gasteiger partial charge in [-0.25, -0.2) is 4.68 Å². The Hall–Kier alpha value is -1.92. The van der Waals surface area contributed by atoms with E-state index in [1.165, 1.54) is 0 Å². The molecular formula is C11H18N6O. The highest BCUT2D eigenvalue weighted by Gasteiger charge is 2.24. The summed E-state index contributed by atoms with van der Waals surface area (Å²) in [6.45, 7) is 8.57. The average Bonchev–Trinajstić information content (AvgIpc) is 2.85. The summed E-state index contributed by atoms with van der Waals surface area (Å²) in [5.41, 5.74) is 6.60. The molecule has 0 saturated carbocycles. The van der Waals surface area contributed by atoms with E-state index < -0.39 is 0 Å². The van der Waals surface area contributed by atoms with Crippen LogP contribution in [0.25, 0.3) is 0 Å². The maximum atomic E-state index is 5.85. The molecule has 98 valence electrons. The largest absolute Gasteiger partial charge is 0.381 e. The second kappa shape index (κ2) is 4.40. The molecule has 0 bridgehead atoms. The van der Waals surface area contributed by atoms with E-state index >= 15 is 0 Å². The van der Waals surface area contributed by atoms with Gasteiger partial charge in [0.15, 0.2) is 11.6 Å². The van der Waals surface area contributed by atoms with Gasteiger partial charge in [-0.3, -0.25) is 0 Å². The van der Waals surface area contributed by atoms with Gasteiger partial charge in [-0.05, 0) is 0 Å². The molecule has 0 saturated heterocycles. The van der Waals surface area contributed by atoms with Crippen LogP contribution in [-0.4, -0.2) is 25.1 Å². The van der Waals surface area contributed by atoms with Crippen molar-refractivity contribution in [2.24, 2.45) is 0 Å². The highest BCUT2D eigenvalue weighted by atomic mass is 16.5. The molecule has 0 fully saturated rings. The quantitative estimate of drug-likeness (QED) is 0.877. The van der Waals surface area contributed by atoms with Crippen molar-refractivity contribution >= 4 is 5.82 Å². The fraction of sp³-hybridized carbons (Fsp3) is 0.636. The minimum Gasteiger partial charge on any atom is -0.381 e. The molecule has 0 aromatic carbocycles. The Morgan fingerprint density at radius 3 is 2.61 bits per heavy atom. The molecule has 2 aromatic rings. The molecule has 7 nitrogen and oxygen atoms in total. The molecular weight excluding hydrogens is 232 g/mol. The lowest BCUT2D eigenvalue weighted by atomic mass is 9.92. The summed E-state index contributed by atoms with van der Waals surface area (Å²) in [5, 5.41) is 11.8. The molecule has 0 aliphatic rings. The Labute approximate surface area is 105 Å². The van der Waals surface area contributed by atoms with Crippen LogP contribution in [0.2, 0.25) is 0 Å². The molecule has 0 spiro atoms. The minimum absolute atomic E-state index is 0.134. The summed E-state index contributed by atoms with van der Waals surface area (Å²) < 4.78 is 6.79. The van der Waals surface area contributed by atoms with Crippen LogP contribution in [0.1, 0.15) is 45.1 Å². The van der Waals surface area contributed by atoms with Crippen LogP contribution in [-0.2, 0) is 18.4 Å². The monoisotopic (exact) mass is 250 g/mol. The third-order valence-electron chi connectivity index (χ3n) is 2.58. The SMILES string of the molecule is CCc1nc(Cn2nnc(N)c2C(C)(C)C)no1. The molecule has 0 atom stereocenters.